The molecule has 0 saturated carbocycles. The number of fused-ring (bicyclic) bond motifs is 1. The molecule has 148 valence electrons. The first-order chi connectivity index (χ1) is 13.6. The Morgan fingerprint density at radius 1 is 1.25 bits per heavy atom. The monoisotopic (exact) mass is 417 g/mol. The summed E-state index contributed by atoms with van der Waals surface area (Å²) < 4.78 is 1.82. The molecule has 0 aliphatic heterocycles. The number of amides is 1. The fourth-order valence-corrected chi connectivity index (χ4v) is 3.48. The van der Waals surface area contributed by atoms with E-state index in [1.165, 1.54) is 11.8 Å². The van der Waals surface area contributed by atoms with E-state index in [1.807, 2.05) is 54.2 Å². The Labute approximate surface area is 174 Å². The summed E-state index contributed by atoms with van der Waals surface area (Å²) in [6.45, 7) is 3.46. The van der Waals surface area contributed by atoms with Gasteiger partial charge < -0.3 is 10.6 Å². The first-order valence-electron chi connectivity index (χ1n) is 9.20. The molecule has 1 aromatic carbocycles. The number of carbonyl (C=O) groups is 1. The highest BCUT2D eigenvalue weighted by Gasteiger charge is 2.12. The van der Waals surface area contributed by atoms with Gasteiger partial charge in [0.15, 0.2) is 5.65 Å². The van der Waals surface area contributed by atoms with Crippen LogP contribution in [0.5, 0.6) is 0 Å². The molecule has 2 heterocycles. The molecule has 1 amide bonds. The quantitative estimate of drug-likeness (QED) is 0.514. The zero-order valence-electron chi connectivity index (χ0n) is 16.0. The van der Waals surface area contributed by atoms with E-state index in [0.717, 1.165) is 47.7 Å². The molecule has 0 radical (unpaired) electrons. The second kappa shape index (κ2) is 9.80. The number of carbonyl (C=O) groups excluding carboxylic acids is 1. The smallest absolute Gasteiger partial charge is 0.229 e. The molecule has 8 heteroatoms. The van der Waals surface area contributed by atoms with Crippen LogP contribution in [0, 0.1) is 6.92 Å². The molecule has 3 aromatic rings. The summed E-state index contributed by atoms with van der Waals surface area (Å²) in [5, 5.41) is 11.5. The Balaban J connectivity index is 1.69. The van der Waals surface area contributed by atoms with E-state index < -0.39 is 0 Å². The van der Waals surface area contributed by atoms with Gasteiger partial charge in [-0.15, -0.1) is 0 Å². The van der Waals surface area contributed by atoms with Crippen molar-refractivity contribution in [2.24, 2.45) is 0 Å². The number of nitrogens with one attached hydrogen (secondary N) is 2. The third-order valence-electron chi connectivity index (χ3n) is 4.31. The van der Waals surface area contributed by atoms with Crippen LogP contribution < -0.4 is 10.6 Å². The number of aromatic nitrogens is 3. The molecule has 6 nitrogen and oxygen atoms in total. The van der Waals surface area contributed by atoms with Gasteiger partial charge in [0.2, 0.25) is 5.91 Å². The van der Waals surface area contributed by atoms with Gasteiger partial charge in [0, 0.05) is 35.3 Å². The van der Waals surface area contributed by atoms with E-state index in [0.29, 0.717) is 17.3 Å². The number of halogens is 1. The van der Waals surface area contributed by atoms with Crippen LogP contribution in [0.4, 0.5) is 5.82 Å². The maximum atomic E-state index is 11.5. The zero-order chi connectivity index (χ0) is 19.9. The van der Waals surface area contributed by atoms with E-state index in [4.69, 9.17) is 16.6 Å². The predicted octanol–water partition coefficient (Wildman–Crippen LogP) is 4.03. The number of nitrogens with zero attached hydrogens (tertiary/aromatic N) is 3. The Bertz CT molecular complexity index is 959. The first-order valence-corrected chi connectivity index (χ1v) is 11.0. The van der Waals surface area contributed by atoms with Crippen molar-refractivity contribution in [3.63, 3.8) is 0 Å². The largest absolute Gasteiger partial charge is 0.370 e. The lowest BCUT2D eigenvalue weighted by Gasteiger charge is -2.12. The predicted molar refractivity (Wildman–Crippen MR) is 117 cm³/mol. The molecule has 0 aliphatic carbocycles. The van der Waals surface area contributed by atoms with E-state index in [2.05, 4.69) is 15.7 Å². The highest BCUT2D eigenvalue weighted by molar-refractivity contribution is 7.99. The first kappa shape index (κ1) is 20.5. The third-order valence-corrected chi connectivity index (χ3v) is 5.19. The van der Waals surface area contributed by atoms with Crippen molar-refractivity contribution >= 4 is 40.7 Å². The summed E-state index contributed by atoms with van der Waals surface area (Å²) in [6, 6.07) is 9.67. The summed E-state index contributed by atoms with van der Waals surface area (Å²) in [7, 11) is 0. The maximum absolute atomic E-state index is 11.5. The van der Waals surface area contributed by atoms with Crippen molar-refractivity contribution in [2.75, 3.05) is 30.4 Å². The van der Waals surface area contributed by atoms with E-state index in [1.54, 1.807) is 0 Å². The number of aryl methyl sites for hydroxylation is 1. The average Bonchev–Trinajstić information content (AvgIpc) is 3.06. The Kier molecular flexibility index (Phi) is 7.17. The van der Waals surface area contributed by atoms with Gasteiger partial charge in [0.1, 0.15) is 5.82 Å². The van der Waals surface area contributed by atoms with Crippen molar-refractivity contribution in [3.8, 4) is 11.3 Å². The number of thioether (sulfide) groups is 1. The minimum Gasteiger partial charge on any atom is -0.370 e. The van der Waals surface area contributed by atoms with Crippen LogP contribution in [0.15, 0.2) is 36.5 Å². The Hall–Kier alpha value is -2.25. The Morgan fingerprint density at radius 3 is 2.82 bits per heavy atom. The third kappa shape index (κ3) is 4.97. The summed E-state index contributed by atoms with van der Waals surface area (Å²) in [5.41, 5.74) is 3.53. The van der Waals surface area contributed by atoms with Crippen molar-refractivity contribution in [1.82, 2.24) is 19.9 Å². The Morgan fingerprint density at radius 2 is 2.04 bits per heavy atom. The highest BCUT2D eigenvalue weighted by atomic mass is 35.5. The van der Waals surface area contributed by atoms with Gasteiger partial charge in [0.05, 0.1) is 17.6 Å². The molecule has 28 heavy (non-hydrogen) atoms. The van der Waals surface area contributed by atoms with Crippen LogP contribution in [0.2, 0.25) is 5.02 Å². The standard InChI is InChI=1S/C20H24ClN5OS/c1-14-12-24-26-18(22-9-5-6-10-23-19(27)13-28-2)11-17(25-20(14)26)15-7-3-4-8-16(15)21/h3-4,7-8,11-12,22H,5-6,9-10,13H2,1-2H3,(H,23,27). The molecular weight excluding hydrogens is 394 g/mol. The number of unbranched alkanes of at least 4 members (excludes halogenated alkanes) is 1. The minimum atomic E-state index is 0.0905. The minimum absolute atomic E-state index is 0.0905. The normalized spacial score (nSPS) is 11.0. The molecule has 0 spiro atoms. The van der Waals surface area contributed by atoms with Crippen molar-refractivity contribution in [2.45, 2.75) is 19.8 Å². The van der Waals surface area contributed by atoms with Gasteiger partial charge in [-0.05, 0) is 32.1 Å². The second-order valence-corrected chi connectivity index (χ2v) is 7.76. The van der Waals surface area contributed by atoms with Gasteiger partial charge in [-0.2, -0.15) is 21.4 Å². The lowest BCUT2D eigenvalue weighted by atomic mass is 10.1. The molecule has 0 unspecified atom stereocenters. The van der Waals surface area contributed by atoms with Gasteiger partial charge >= 0.3 is 0 Å². The van der Waals surface area contributed by atoms with Crippen LogP contribution in [-0.4, -0.2) is 45.6 Å². The lowest BCUT2D eigenvalue weighted by molar-refractivity contribution is -0.118. The molecule has 0 aliphatic rings. The van der Waals surface area contributed by atoms with E-state index in [-0.39, 0.29) is 5.91 Å². The van der Waals surface area contributed by atoms with Gasteiger partial charge in [-0.25, -0.2) is 4.98 Å². The average molecular weight is 418 g/mol. The molecular formula is C20H24ClN5OS. The van der Waals surface area contributed by atoms with Gasteiger partial charge in [-0.1, -0.05) is 29.8 Å². The van der Waals surface area contributed by atoms with Crippen molar-refractivity contribution in [1.29, 1.82) is 0 Å². The molecule has 3 rings (SSSR count). The molecule has 0 saturated heterocycles. The summed E-state index contributed by atoms with van der Waals surface area (Å²) in [6.07, 6.45) is 5.58. The van der Waals surface area contributed by atoms with Gasteiger partial charge in [0.25, 0.3) is 0 Å². The maximum Gasteiger partial charge on any atom is 0.229 e. The lowest BCUT2D eigenvalue weighted by Crippen LogP contribution is -2.26. The van der Waals surface area contributed by atoms with Gasteiger partial charge in [-0.3, -0.25) is 4.79 Å². The fraction of sp³-hybridized carbons (Fsp3) is 0.350. The van der Waals surface area contributed by atoms with Crippen LogP contribution in [0.3, 0.4) is 0 Å². The number of rotatable bonds is 9. The summed E-state index contributed by atoms with van der Waals surface area (Å²) in [5.74, 6) is 1.48. The molecule has 2 N–H and O–H groups in total. The van der Waals surface area contributed by atoms with Crippen LogP contribution >= 0.6 is 23.4 Å². The fourth-order valence-electron chi connectivity index (χ4n) is 2.88. The van der Waals surface area contributed by atoms with E-state index in [9.17, 15) is 4.79 Å². The number of hydrogen-bond acceptors (Lipinski definition) is 5. The van der Waals surface area contributed by atoms with Crippen LogP contribution in [-0.2, 0) is 4.79 Å². The SMILES string of the molecule is CSCC(=O)NCCCCNc1cc(-c2ccccc2Cl)nc2c(C)cnn12. The zero-order valence-corrected chi connectivity index (χ0v) is 17.6. The number of hydrogen-bond donors (Lipinski definition) is 2. The van der Waals surface area contributed by atoms with Crippen molar-refractivity contribution in [3.05, 3.63) is 47.1 Å². The molecule has 0 bridgehead atoms. The second-order valence-electron chi connectivity index (χ2n) is 6.49. The molecule has 0 atom stereocenters. The van der Waals surface area contributed by atoms with Crippen molar-refractivity contribution < 1.29 is 4.79 Å². The van der Waals surface area contributed by atoms with Crippen LogP contribution in [0.1, 0.15) is 18.4 Å². The summed E-state index contributed by atoms with van der Waals surface area (Å²) >= 11 is 7.90. The number of anilines is 1. The topological polar surface area (TPSA) is 71.3 Å². The molecule has 2 aromatic heterocycles. The van der Waals surface area contributed by atoms with Crippen LogP contribution in [0.25, 0.3) is 16.9 Å². The van der Waals surface area contributed by atoms with E-state index >= 15 is 0 Å². The molecule has 0 fully saturated rings. The summed E-state index contributed by atoms with van der Waals surface area (Å²) in [4.78, 5) is 16.2. The highest BCUT2D eigenvalue weighted by Crippen LogP contribution is 2.29. The number of benzene rings is 1.